The van der Waals surface area contributed by atoms with E-state index in [1.165, 1.54) is 16.7 Å². The number of nitrogens with one attached hydrogen (secondary N) is 1. The lowest BCUT2D eigenvalue weighted by molar-refractivity contribution is -0.129. The third-order valence-corrected chi connectivity index (χ3v) is 4.21. The van der Waals surface area contributed by atoms with Gasteiger partial charge in [0.2, 0.25) is 5.91 Å². The van der Waals surface area contributed by atoms with Gasteiger partial charge in [0.1, 0.15) is 6.61 Å². The van der Waals surface area contributed by atoms with Gasteiger partial charge in [-0.1, -0.05) is 35.9 Å². The molecular formula is C21H28N2O3. The van der Waals surface area contributed by atoms with Crippen molar-refractivity contribution in [1.82, 2.24) is 10.2 Å². The van der Waals surface area contributed by atoms with Crippen molar-refractivity contribution in [3.63, 3.8) is 0 Å². The summed E-state index contributed by atoms with van der Waals surface area (Å²) < 4.78 is 10.9. The molecule has 2 rings (SSSR count). The number of aryl methyl sites for hydroxylation is 2. The fourth-order valence-electron chi connectivity index (χ4n) is 2.67. The first-order chi connectivity index (χ1) is 12.5. The summed E-state index contributed by atoms with van der Waals surface area (Å²) in [5.74, 6) is 1.47. The topological polar surface area (TPSA) is 50.8 Å². The van der Waals surface area contributed by atoms with Crippen LogP contribution in [-0.4, -0.2) is 44.7 Å². The molecule has 0 saturated carbocycles. The second-order valence-electron chi connectivity index (χ2n) is 6.36. The van der Waals surface area contributed by atoms with Crippen LogP contribution in [0, 0.1) is 13.8 Å². The summed E-state index contributed by atoms with van der Waals surface area (Å²) >= 11 is 0. The number of nitrogens with zero attached hydrogens (tertiary/aromatic N) is 1. The van der Waals surface area contributed by atoms with Gasteiger partial charge in [-0.2, -0.15) is 0 Å². The van der Waals surface area contributed by atoms with Crippen molar-refractivity contribution in [2.45, 2.75) is 20.4 Å². The molecule has 2 aromatic rings. The molecule has 0 aliphatic carbocycles. The molecule has 0 aromatic heterocycles. The van der Waals surface area contributed by atoms with Gasteiger partial charge in [0.05, 0.1) is 13.7 Å². The van der Waals surface area contributed by atoms with Crippen molar-refractivity contribution in [3.05, 3.63) is 59.2 Å². The molecule has 0 aliphatic rings. The van der Waals surface area contributed by atoms with Crippen molar-refractivity contribution in [1.29, 1.82) is 0 Å². The summed E-state index contributed by atoms with van der Waals surface area (Å²) in [4.78, 5) is 14.0. The molecule has 0 saturated heterocycles. The molecule has 0 unspecified atom stereocenters. The van der Waals surface area contributed by atoms with Crippen LogP contribution >= 0.6 is 0 Å². The molecule has 2 aromatic carbocycles. The highest BCUT2D eigenvalue weighted by molar-refractivity contribution is 5.78. The fourth-order valence-corrected chi connectivity index (χ4v) is 2.67. The lowest BCUT2D eigenvalue weighted by atomic mass is 10.1. The van der Waals surface area contributed by atoms with Gasteiger partial charge in [0.25, 0.3) is 0 Å². The van der Waals surface area contributed by atoms with E-state index in [-0.39, 0.29) is 12.5 Å². The van der Waals surface area contributed by atoms with E-state index in [1.54, 1.807) is 12.0 Å². The van der Waals surface area contributed by atoms with E-state index >= 15 is 0 Å². The summed E-state index contributed by atoms with van der Waals surface area (Å²) in [5.41, 5.74) is 3.62. The van der Waals surface area contributed by atoms with Crippen molar-refractivity contribution in [2.75, 3.05) is 33.9 Å². The van der Waals surface area contributed by atoms with Crippen LogP contribution in [0.4, 0.5) is 0 Å². The Bertz CT molecular complexity index is 731. The fraction of sp³-hybridized carbons (Fsp3) is 0.381. The lowest BCUT2D eigenvalue weighted by Gasteiger charge is -2.19. The van der Waals surface area contributed by atoms with E-state index in [9.17, 15) is 4.79 Å². The lowest BCUT2D eigenvalue weighted by Crippen LogP contribution is -2.36. The highest BCUT2D eigenvalue weighted by atomic mass is 16.5. The van der Waals surface area contributed by atoms with Gasteiger partial charge in [0, 0.05) is 20.1 Å². The minimum atomic E-state index is 0.0577. The molecule has 5 nitrogen and oxygen atoms in total. The van der Waals surface area contributed by atoms with Crippen LogP contribution in [0.3, 0.4) is 0 Å². The van der Waals surface area contributed by atoms with Crippen LogP contribution in [-0.2, 0) is 11.3 Å². The SMILES string of the molecule is COc1ccccc1OCCNCC(=O)N(C)Cc1ccc(C)cc1C. The van der Waals surface area contributed by atoms with Gasteiger partial charge in [-0.3, -0.25) is 4.79 Å². The maximum Gasteiger partial charge on any atom is 0.236 e. The molecule has 140 valence electrons. The van der Waals surface area contributed by atoms with Crippen molar-refractivity contribution in [3.8, 4) is 11.5 Å². The van der Waals surface area contributed by atoms with Crippen LogP contribution in [0.15, 0.2) is 42.5 Å². The second-order valence-corrected chi connectivity index (χ2v) is 6.36. The highest BCUT2D eigenvalue weighted by Crippen LogP contribution is 2.25. The zero-order valence-electron chi connectivity index (χ0n) is 16.0. The quantitative estimate of drug-likeness (QED) is 0.702. The van der Waals surface area contributed by atoms with Crippen LogP contribution in [0.1, 0.15) is 16.7 Å². The zero-order chi connectivity index (χ0) is 18.9. The Labute approximate surface area is 155 Å². The van der Waals surface area contributed by atoms with E-state index < -0.39 is 0 Å². The summed E-state index contributed by atoms with van der Waals surface area (Å²) in [7, 11) is 3.44. The van der Waals surface area contributed by atoms with Gasteiger partial charge >= 0.3 is 0 Å². The van der Waals surface area contributed by atoms with Crippen molar-refractivity contribution >= 4 is 5.91 Å². The van der Waals surface area contributed by atoms with Gasteiger partial charge in [0.15, 0.2) is 11.5 Å². The summed E-state index contributed by atoms with van der Waals surface area (Å²) in [6, 6.07) is 13.8. The maximum atomic E-state index is 12.3. The van der Waals surface area contributed by atoms with E-state index in [2.05, 4.69) is 37.4 Å². The number of amides is 1. The third kappa shape index (κ3) is 5.77. The Hall–Kier alpha value is -2.53. The first-order valence-corrected chi connectivity index (χ1v) is 8.78. The molecule has 1 N–H and O–H groups in total. The predicted molar refractivity (Wildman–Crippen MR) is 104 cm³/mol. The van der Waals surface area contributed by atoms with E-state index in [0.29, 0.717) is 31.2 Å². The number of methoxy groups -OCH3 is 1. The van der Waals surface area contributed by atoms with Crippen LogP contribution in [0.25, 0.3) is 0 Å². The molecule has 0 spiro atoms. The summed E-state index contributed by atoms with van der Waals surface area (Å²) in [5, 5.41) is 3.13. The Morgan fingerprint density at radius 1 is 1.12 bits per heavy atom. The molecule has 0 fully saturated rings. The number of carbonyl (C=O) groups is 1. The highest BCUT2D eigenvalue weighted by Gasteiger charge is 2.10. The largest absolute Gasteiger partial charge is 0.493 e. The smallest absolute Gasteiger partial charge is 0.236 e. The van der Waals surface area contributed by atoms with Crippen molar-refractivity contribution in [2.24, 2.45) is 0 Å². The normalized spacial score (nSPS) is 10.5. The second kappa shape index (κ2) is 9.82. The first-order valence-electron chi connectivity index (χ1n) is 8.78. The molecule has 0 bridgehead atoms. The molecule has 1 amide bonds. The zero-order valence-corrected chi connectivity index (χ0v) is 16.0. The maximum absolute atomic E-state index is 12.3. The summed E-state index contributed by atoms with van der Waals surface area (Å²) in [6.07, 6.45) is 0. The van der Waals surface area contributed by atoms with Crippen LogP contribution in [0.5, 0.6) is 11.5 Å². The average molecular weight is 356 g/mol. The minimum Gasteiger partial charge on any atom is -0.493 e. The molecule has 0 heterocycles. The van der Waals surface area contributed by atoms with Gasteiger partial charge in [-0.25, -0.2) is 0 Å². The number of rotatable bonds is 9. The molecule has 0 atom stereocenters. The van der Waals surface area contributed by atoms with E-state index in [0.717, 1.165) is 0 Å². The Morgan fingerprint density at radius 2 is 1.85 bits per heavy atom. The molecule has 0 radical (unpaired) electrons. The average Bonchev–Trinajstić information content (AvgIpc) is 2.63. The number of hydrogen-bond donors (Lipinski definition) is 1. The number of benzene rings is 2. The Morgan fingerprint density at radius 3 is 2.54 bits per heavy atom. The van der Waals surface area contributed by atoms with Gasteiger partial charge in [-0.05, 0) is 37.1 Å². The first kappa shape index (κ1) is 19.8. The van der Waals surface area contributed by atoms with Gasteiger partial charge < -0.3 is 19.7 Å². The molecular weight excluding hydrogens is 328 g/mol. The van der Waals surface area contributed by atoms with Crippen LogP contribution < -0.4 is 14.8 Å². The van der Waals surface area contributed by atoms with Gasteiger partial charge in [-0.15, -0.1) is 0 Å². The summed E-state index contributed by atoms with van der Waals surface area (Å²) in [6.45, 7) is 6.10. The number of para-hydroxylation sites is 2. The number of hydrogen-bond acceptors (Lipinski definition) is 4. The minimum absolute atomic E-state index is 0.0577. The van der Waals surface area contributed by atoms with E-state index in [1.807, 2.05) is 31.3 Å². The van der Waals surface area contributed by atoms with Crippen LogP contribution in [0.2, 0.25) is 0 Å². The monoisotopic (exact) mass is 356 g/mol. The number of ether oxygens (including phenoxy) is 2. The standard InChI is InChI=1S/C21H28N2O3/c1-16-9-10-18(17(2)13-16)15-23(3)21(24)14-22-11-12-26-20-8-6-5-7-19(20)25-4/h5-10,13,22H,11-12,14-15H2,1-4H3. The van der Waals surface area contributed by atoms with E-state index in [4.69, 9.17) is 9.47 Å². The Kier molecular flexibility index (Phi) is 7.48. The number of carbonyl (C=O) groups excluding carboxylic acids is 1. The molecule has 0 aliphatic heterocycles. The molecule has 5 heteroatoms. The Balaban J connectivity index is 1.71. The van der Waals surface area contributed by atoms with Crippen molar-refractivity contribution < 1.29 is 14.3 Å². The predicted octanol–water partition coefficient (Wildman–Crippen LogP) is 2.94. The number of likely N-dealkylation sites (N-methyl/N-ethyl adjacent to an activating group) is 1. The third-order valence-electron chi connectivity index (χ3n) is 4.21. The molecule has 26 heavy (non-hydrogen) atoms.